The number of nitrogens with two attached hydrogens (primary N) is 1. The summed E-state index contributed by atoms with van der Waals surface area (Å²) in [6.45, 7) is 0. The Bertz CT molecular complexity index is 298. The summed E-state index contributed by atoms with van der Waals surface area (Å²) in [5.74, 6) is -0.339. The summed E-state index contributed by atoms with van der Waals surface area (Å²) < 4.78 is 0. The Morgan fingerprint density at radius 2 is 2.43 bits per heavy atom. The molecule has 0 aromatic heterocycles. The molecule has 1 saturated heterocycles. The maximum atomic E-state index is 11.0. The molecule has 0 bridgehead atoms. The standard InChI is InChI=1S/C8H13N5O/c9-8(14)6-2-1-5-7(13-12-6)3-10-4-11-5/h3-6,12-13H,1-2H2,(H2,9,14)(H,10,11). The van der Waals surface area contributed by atoms with Crippen molar-refractivity contribution in [3.8, 4) is 0 Å². The van der Waals surface area contributed by atoms with Crippen LogP contribution in [0.3, 0.4) is 0 Å². The molecule has 1 fully saturated rings. The minimum atomic E-state index is -0.339. The van der Waals surface area contributed by atoms with E-state index in [0.29, 0.717) is 6.42 Å². The van der Waals surface area contributed by atoms with Gasteiger partial charge in [0.1, 0.15) is 6.04 Å². The summed E-state index contributed by atoms with van der Waals surface area (Å²) in [7, 11) is 0. The van der Waals surface area contributed by atoms with E-state index in [1.165, 1.54) is 0 Å². The summed E-state index contributed by atoms with van der Waals surface area (Å²) in [5.41, 5.74) is 12.0. The molecule has 6 heteroatoms. The minimum Gasteiger partial charge on any atom is -0.368 e. The van der Waals surface area contributed by atoms with E-state index in [9.17, 15) is 4.79 Å². The van der Waals surface area contributed by atoms with E-state index in [0.717, 1.165) is 12.1 Å². The second kappa shape index (κ2) is 3.67. The molecular formula is C8H13N5O. The van der Waals surface area contributed by atoms with Gasteiger partial charge in [0, 0.05) is 6.20 Å². The van der Waals surface area contributed by atoms with Crippen LogP contribution in [0.1, 0.15) is 12.8 Å². The van der Waals surface area contributed by atoms with E-state index in [-0.39, 0.29) is 18.0 Å². The summed E-state index contributed by atoms with van der Waals surface area (Å²) in [4.78, 5) is 15.2. The van der Waals surface area contributed by atoms with Gasteiger partial charge < -0.3 is 16.5 Å². The number of nitrogens with one attached hydrogen (secondary N) is 3. The average molecular weight is 195 g/mol. The molecule has 2 aliphatic heterocycles. The molecule has 0 spiro atoms. The number of hydrazine groups is 1. The second-order valence-electron chi connectivity index (χ2n) is 3.36. The van der Waals surface area contributed by atoms with Crippen molar-refractivity contribution in [1.82, 2.24) is 16.2 Å². The minimum absolute atomic E-state index is 0.105. The average Bonchev–Trinajstić information content (AvgIpc) is 2.39. The first-order valence-corrected chi connectivity index (χ1v) is 4.56. The summed E-state index contributed by atoms with van der Waals surface area (Å²) in [6.07, 6.45) is 4.99. The van der Waals surface area contributed by atoms with Gasteiger partial charge >= 0.3 is 0 Å². The Hall–Kier alpha value is -1.56. The van der Waals surface area contributed by atoms with Crippen molar-refractivity contribution >= 4 is 12.2 Å². The van der Waals surface area contributed by atoms with Crippen molar-refractivity contribution in [2.24, 2.45) is 10.7 Å². The lowest BCUT2D eigenvalue weighted by Gasteiger charge is -2.17. The molecule has 6 nitrogen and oxygen atoms in total. The molecular weight excluding hydrogens is 182 g/mol. The van der Waals surface area contributed by atoms with E-state index in [1.54, 1.807) is 6.34 Å². The fourth-order valence-electron chi connectivity index (χ4n) is 1.57. The third kappa shape index (κ3) is 1.69. The molecule has 0 aliphatic carbocycles. The maximum Gasteiger partial charge on any atom is 0.236 e. The highest BCUT2D eigenvalue weighted by Crippen LogP contribution is 2.15. The first-order chi connectivity index (χ1) is 6.77. The molecule has 2 aliphatic rings. The lowest BCUT2D eigenvalue weighted by molar-refractivity contribution is -0.120. The van der Waals surface area contributed by atoms with Gasteiger partial charge in [0.05, 0.1) is 18.1 Å². The van der Waals surface area contributed by atoms with Crippen LogP contribution in [0.2, 0.25) is 0 Å². The number of carbonyl (C=O) groups excluding carboxylic acids is 1. The summed E-state index contributed by atoms with van der Waals surface area (Å²) >= 11 is 0. The van der Waals surface area contributed by atoms with Crippen molar-refractivity contribution in [1.29, 1.82) is 0 Å². The number of nitrogens with zero attached hydrogens (tertiary/aromatic N) is 1. The summed E-state index contributed by atoms with van der Waals surface area (Å²) in [5, 5.41) is 2.88. The fourth-order valence-corrected chi connectivity index (χ4v) is 1.57. The van der Waals surface area contributed by atoms with E-state index in [2.05, 4.69) is 21.2 Å². The van der Waals surface area contributed by atoms with E-state index >= 15 is 0 Å². The van der Waals surface area contributed by atoms with Crippen molar-refractivity contribution in [3.63, 3.8) is 0 Å². The topological polar surface area (TPSA) is 91.5 Å². The molecule has 0 saturated carbocycles. The van der Waals surface area contributed by atoms with Gasteiger partial charge in [-0.1, -0.05) is 0 Å². The maximum absolute atomic E-state index is 11.0. The molecule has 0 aromatic carbocycles. The zero-order chi connectivity index (χ0) is 9.97. The van der Waals surface area contributed by atoms with Gasteiger partial charge in [-0.15, -0.1) is 0 Å². The number of carbonyl (C=O) groups is 1. The molecule has 2 heterocycles. The second-order valence-corrected chi connectivity index (χ2v) is 3.36. The van der Waals surface area contributed by atoms with Crippen LogP contribution in [0, 0.1) is 0 Å². The van der Waals surface area contributed by atoms with E-state index in [4.69, 9.17) is 5.73 Å². The molecule has 0 aromatic rings. The van der Waals surface area contributed by atoms with Crippen LogP contribution in [0.5, 0.6) is 0 Å². The predicted molar refractivity (Wildman–Crippen MR) is 52.0 cm³/mol. The third-order valence-corrected chi connectivity index (χ3v) is 2.39. The molecule has 14 heavy (non-hydrogen) atoms. The Morgan fingerprint density at radius 1 is 1.57 bits per heavy atom. The van der Waals surface area contributed by atoms with Gasteiger partial charge in [-0.05, 0) is 12.8 Å². The lowest BCUT2D eigenvalue weighted by Crippen LogP contribution is -2.47. The van der Waals surface area contributed by atoms with Crippen LogP contribution in [0.25, 0.3) is 0 Å². The lowest BCUT2D eigenvalue weighted by atomic mass is 10.1. The molecule has 1 amide bonds. The number of rotatable bonds is 1. The Kier molecular flexibility index (Phi) is 2.36. The largest absolute Gasteiger partial charge is 0.368 e. The van der Waals surface area contributed by atoms with Crippen molar-refractivity contribution < 1.29 is 4.79 Å². The van der Waals surface area contributed by atoms with Gasteiger partial charge in [0.15, 0.2) is 0 Å². The third-order valence-electron chi connectivity index (χ3n) is 2.39. The van der Waals surface area contributed by atoms with Crippen molar-refractivity contribution in [2.75, 3.05) is 0 Å². The Labute approximate surface area is 81.6 Å². The highest BCUT2D eigenvalue weighted by molar-refractivity contribution is 5.79. The van der Waals surface area contributed by atoms with Gasteiger partial charge in [-0.2, -0.15) is 0 Å². The highest BCUT2D eigenvalue weighted by atomic mass is 16.1. The number of hydrogen-bond donors (Lipinski definition) is 4. The quantitative estimate of drug-likeness (QED) is 0.413. The summed E-state index contributed by atoms with van der Waals surface area (Å²) in [6, 6.07) is -0.218. The smallest absolute Gasteiger partial charge is 0.236 e. The molecule has 2 rings (SSSR count). The number of amides is 1. The predicted octanol–water partition coefficient (Wildman–Crippen LogP) is -1.43. The van der Waals surface area contributed by atoms with Crippen LogP contribution in [0.15, 0.2) is 16.9 Å². The molecule has 2 atom stereocenters. The van der Waals surface area contributed by atoms with Crippen LogP contribution in [-0.4, -0.2) is 24.3 Å². The van der Waals surface area contributed by atoms with Crippen LogP contribution in [0.4, 0.5) is 0 Å². The Morgan fingerprint density at radius 3 is 3.21 bits per heavy atom. The van der Waals surface area contributed by atoms with E-state index in [1.807, 2.05) is 6.20 Å². The zero-order valence-electron chi connectivity index (χ0n) is 7.66. The fraction of sp³-hybridized carbons (Fsp3) is 0.500. The van der Waals surface area contributed by atoms with Gasteiger partial charge in [0.25, 0.3) is 0 Å². The molecule has 5 N–H and O–H groups in total. The molecule has 0 radical (unpaired) electrons. The number of aliphatic imine (C=N–C) groups is 1. The monoisotopic (exact) mass is 195 g/mol. The first kappa shape index (κ1) is 9.01. The van der Waals surface area contributed by atoms with E-state index < -0.39 is 0 Å². The van der Waals surface area contributed by atoms with Crippen LogP contribution in [-0.2, 0) is 4.79 Å². The normalized spacial score (nSPS) is 30.4. The first-order valence-electron chi connectivity index (χ1n) is 4.56. The number of primary amides is 1. The SMILES string of the molecule is NC(=O)C1CCC2N=CNC=C2NN1. The molecule has 76 valence electrons. The highest BCUT2D eigenvalue weighted by Gasteiger charge is 2.25. The van der Waals surface area contributed by atoms with Crippen molar-refractivity contribution in [2.45, 2.75) is 24.9 Å². The van der Waals surface area contributed by atoms with Gasteiger partial charge in [-0.25, -0.2) is 5.43 Å². The van der Waals surface area contributed by atoms with Crippen LogP contribution < -0.4 is 21.9 Å². The van der Waals surface area contributed by atoms with Gasteiger partial charge in [0.2, 0.25) is 5.91 Å². The Balaban J connectivity index is 2.06. The molecule has 2 unspecified atom stereocenters. The van der Waals surface area contributed by atoms with Crippen LogP contribution >= 0.6 is 0 Å². The van der Waals surface area contributed by atoms with Gasteiger partial charge in [-0.3, -0.25) is 9.79 Å². The number of fused-ring (bicyclic) bond motifs is 1. The zero-order valence-corrected chi connectivity index (χ0v) is 7.66. The van der Waals surface area contributed by atoms with Crippen molar-refractivity contribution in [3.05, 3.63) is 11.9 Å². The number of hydrogen-bond acceptors (Lipinski definition) is 5.